The molecule has 4 aromatic rings. The lowest BCUT2D eigenvalue weighted by atomic mass is 10.1. The molecule has 228 valence electrons. The quantitative estimate of drug-likeness (QED) is 0.243. The summed E-state index contributed by atoms with van der Waals surface area (Å²) in [6.07, 6.45) is 3.28. The van der Waals surface area contributed by atoms with Crippen LogP contribution >= 0.6 is 0 Å². The lowest BCUT2D eigenvalue weighted by Gasteiger charge is -2.21. The lowest BCUT2D eigenvalue weighted by molar-refractivity contribution is -0.131. The van der Waals surface area contributed by atoms with Crippen molar-refractivity contribution in [3.8, 4) is 11.5 Å². The second-order valence-corrected chi connectivity index (χ2v) is 9.91. The minimum atomic E-state index is -1.14. The summed E-state index contributed by atoms with van der Waals surface area (Å²) < 4.78 is 32.0. The van der Waals surface area contributed by atoms with Crippen LogP contribution in [0.1, 0.15) is 29.1 Å². The van der Waals surface area contributed by atoms with E-state index in [9.17, 15) is 14.7 Å². The predicted octanol–water partition coefficient (Wildman–Crippen LogP) is 3.47. The average molecular weight is 603 g/mol. The first kappa shape index (κ1) is 29.0. The normalized spacial score (nSPS) is 22.6. The number of carbonyl (C=O) groups excluding carboxylic acids is 1. The number of methoxy groups -OCH3 is 1. The number of fused-ring (bicyclic) bond motifs is 2. The zero-order valence-corrected chi connectivity index (χ0v) is 23.8. The summed E-state index contributed by atoms with van der Waals surface area (Å²) >= 11 is 0. The van der Waals surface area contributed by atoms with Gasteiger partial charge in [0.15, 0.2) is 29.5 Å². The molecule has 3 N–H and O–H groups in total. The zero-order chi connectivity index (χ0) is 30.6. The molecular formula is C30H30N6O8. The number of anilines is 1. The van der Waals surface area contributed by atoms with Gasteiger partial charge in [0, 0.05) is 12.6 Å². The molecule has 4 heterocycles. The fraction of sp³-hybridized carbons (Fsp3) is 0.300. The highest BCUT2D eigenvalue weighted by Gasteiger charge is 2.53. The number of carbonyl (C=O) groups is 2. The Labute approximate surface area is 251 Å². The van der Waals surface area contributed by atoms with Crippen LogP contribution < -0.4 is 20.1 Å². The first-order chi connectivity index (χ1) is 21.4. The topological polar surface area (TPSA) is 168 Å². The van der Waals surface area contributed by atoms with Crippen molar-refractivity contribution in [1.29, 1.82) is 0 Å². The van der Waals surface area contributed by atoms with Crippen LogP contribution in [0, 0.1) is 0 Å². The van der Waals surface area contributed by atoms with E-state index in [2.05, 4.69) is 25.6 Å². The molecule has 44 heavy (non-hydrogen) atoms. The Kier molecular flexibility index (Phi) is 8.36. The Balaban J connectivity index is 1.28. The summed E-state index contributed by atoms with van der Waals surface area (Å²) in [6, 6.07) is 13.8. The van der Waals surface area contributed by atoms with Gasteiger partial charge in [0.1, 0.15) is 48.3 Å². The van der Waals surface area contributed by atoms with E-state index in [4.69, 9.17) is 23.7 Å². The van der Waals surface area contributed by atoms with Gasteiger partial charge >= 0.3 is 12.0 Å². The van der Waals surface area contributed by atoms with Crippen LogP contribution in [-0.4, -0.2) is 81.5 Å². The number of urea groups is 1. The van der Waals surface area contributed by atoms with Crippen LogP contribution in [0.2, 0.25) is 0 Å². The third-order valence-corrected chi connectivity index (χ3v) is 7.14. The van der Waals surface area contributed by atoms with Gasteiger partial charge in [-0.3, -0.25) is 9.88 Å². The van der Waals surface area contributed by atoms with Gasteiger partial charge in [-0.15, -0.1) is 0 Å². The minimum Gasteiger partial charge on any atom is -0.497 e. The third kappa shape index (κ3) is 5.90. The van der Waals surface area contributed by atoms with Crippen molar-refractivity contribution in [2.75, 3.05) is 25.6 Å². The van der Waals surface area contributed by atoms with Gasteiger partial charge in [-0.05, 0) is 30.7 Å². The molecule has 0 saturated carbocycles. The van der Waals surface area contributed by atoms with E-state index >= 15 is 0 Å². The number of aromatic carboxylic acids is 1. The summed E-state index contributed by atoms with van der Waals surface area (Å²) in [5.74, 6) is -0.331. The monoisotopic (exact) mass is 602 g/mol. The molecule has 6 rings (SSSR count). The van der Waals surface area contributed by atoms with Crippen molar-refractivity contribution in [3.63, 3.8) is 0 Å². The number of aromatic nitrogens is 4. The summed E-state index contributed by atoms with van der Waals surface area (Å²) in [5, 5.41) is 15.0. The smallest absolute Gasteiger partial charge is 0.339 e. The van der Waals surface area contributed by atoms with Crippen molar-refractivity contribution in [2.24, 2.45) is 0 Å². The predicted molar refractivity (Wildman–Crippen MR) is 156 cm³/mol. The van der Waals surface area contributed by atoms with E-state index in [1.54, 1.807) is 17.6 Å². The first-order valence-electron chi connectivity index (χ1n) is 13.9. The average Bonchev–Trinajstić information content (AvgIpc) is 3.74. The van der Waals surface area contributed by atoms with Crippen molar-refractivity contribution in [1.82, 2.24) is 24.8 Å². The molecule has 2 aliphatic rings. The molecule has 14 heteroatoms. The summed E-state index contributed by atoms with van der Waals surface area (Å²) in [5.41, 5.74) is 1.73. The number of nitrogens with one attached hydrogen (secondary N) is 2. The molecule has 0 spiro atoms. The van der Waals surface area contributed by atoms with E-state index in [-0.39, 0.29) is 23.7 Å². The number of imidazole rings is 1. The maximum Gasteiger partial charge on any atom is 0.339 e. The standard InChI is InChI=1S/C30H30N6O8/c1-3-31-30(39)35-26-23-27(33-15-32-26)36(16-34-23)28-25-24(43-22(44-25)12-9-17-7-5-4-6-8-17)21(42-28)14-41-20-13-18(40-2)10-11-19(20)29(37)38/h4-13,15-16,21-22,24-25,28H,3,14H2,1-2H3,(H,37,38)(H2,31,32,33,35,39)/t21?,22-,24?,25?,28?/m0/s1. The van der Waals surface area contributed by atoms with E-state index in [1.807, 2.05) is 42.5 Å². The Morgan fingerprint density at radius 2 is 1.89 bits per heavy atom. The van der Waals surface area contributed by atoms with Crippen molar-refractivity contribution in [2.45, 2.75) is 37.8 Å². The van der Waals surface area contributed by atoms with Gasteiger partial charge in [0.05, 0.1) is 13.4 Å². The summed E-state index contributed by atoms with van der Waals surface area (Å²) in [4.78, 5) is 37.0. The van der Waals surface area contributed by atoms with Crippen LogP contribution in [0.5, 0.6) is 11.5 Å². The number of carboxylic acids is 1. The molecular weight excluding hydrogens is 572 g/mol. The van der Waals surface area contributed by atoms with E-state index in [0.29, 0.717) is 23.5 Å². The highest BCUT2D eigenvalue weighted by molar-refractivity contribution is 5.95. The van der Waals surface area contributed by atoms with Gasteiger partial charge in [0.2, 0.25) is 0 Å². The second kappa shape index (κ2) is 12.7. The number of amides is 2. The molecule has 5 atom stereocenters. The zero-order valence-electron chi connectivity index (χ0n) is 23.8. The second-order valence-electron chi connectivity index (χ2n) is 9.91. The van der Waals surface area contributed by atoms with Crippen molar-refractivity contribution >= 4 is 35.1 Å². The molecule has 2 amide bonds. The molecule has 4 unspecified atom stereocenters. The van der Waals surface area contributed by atoms with Gasteiger partial charge in [-0.1, -0.05) is 36.4 Å². The number of ether oxygens (including phenoxy) is 5. The fourth-order valence-electron chi connectivity index (χ4n) is 5.10. The highest BCUT2D eigenvalue weighted by atomic mass is 16.8. The summed E-state index contributed by atoms with van der Waals surface area (Å²) in [6.45, 7) is 2.20. The number of hydrogen-bond acceptors (Lipinski definition) is 10. The van der Waals surface area contributed by atoms with Gasteiger partial charge in [-0.2, -0.15) is 0 Å². The van der Waals surface area contributed by atoms with Crippen LogP contribution in [0.25, 0.3) is 17.2 Å². The number of hydrogen-bond donors (Lipinski definition) is 3. The van der Waals surface area contributed by atoms with Crippen LogP contribution in [-0.2, 0) is 14.2 Å². The molecule has 2 aliphatic heterocycles. The van der Waals surface area contributed by atoms with E-state index < -0.39 is 42.8 Å². The number of rotatable bonds is 10. The number of benzene rings is 2. The largest absolute Gasteiger partial charge is 0.497 e. The van der Waals surface area contributed by atoms with E-state index in [0.717, 1.165) is 5.56 Å². The fourth-order valence-corrected chi connectivity index (χ4v) is 5.10. The Bertz CT molecular complexity index is 1680. The molecule has 2 fully saturated rings. The van der Waals surface area contributed by atoms with Crippen molar-refractivity contribution in [3.05, 3.63) is 78.4 Å². The molecule has 2 aromatic carbocycles. The Morgan fingerprint density at radius 1 is 1.07 bits per heavy atom. The maximum atomic E-state index is 12.2. The van der Waals surface area contributed by atoms with Crippen molar-refractivity contribution < 1.29 is 38.4 Å². The number of carboxylic acid groups (broad SMARTS) is 1. The molecule has 2 aromatic heterocycles. The molecule has 0 bridgehead atoms. The SMILES string of the molecule is CCNC(=O)Nc1ncnc2c1ncn2C1OC(COc2cc(OC)ccc2C(=O)O)C2O[C@H](C=Cc3ccccc3)OC21. The minimum absolute atomic E-state index is 0.0198. The van der Waals surface area contributed by atoms with Gasteiger partial charge < -0.3 is 34.1 Å². The maximum absolute atomic E-state index is 12.2. The van der Waals surface area contributed by atoms with Gasteiger partial charge in [-0.25, -0.2) is 24.5 Å². The van der Waals surface area contributed by atoms with Crippen LogP contribution in [0.15, 0.2) is 67.3 Å². The van der Waals surface area contributed by atoms with E-state index in [1.165, 1.54) is 31.9 Å². The molecule has 0 aliphatic carbocycles. The van der Waals surface area contributed by atoms with Crippen LogP contribution in [0.3, 0.4) is 0 Å². The molecule has 0 radical (unpaired) electrons. The number of nitrogens with zero attached hydrogens (tertiary/aromatic N) is 4. The summed E-state index contributed by atoms with van der Waals surface area (Å²) in [7, 11) is 1.48. The first-order valence-corrected chi connectivity index (χ1v) is 13.9. The van der Waals surface area contributed by atoms with Crippen LogP contribution in [0.4, 0.5) is 10.6 Å². The Morgan fingerprint density at radius 3 is 2.66 bits per heavy atom. The molecule has 14 nitrogen and oxygen atoms in total. The van der Waals surface area contributed by atoms with Gasteiger partial charge in [0.25, 0.3) is 0 Å². The molecule has 2 saturated heterocycles. The lowest BCUT2D eigenvalue weighted by Crippen LogP contribution is -2.33. The third-order valence-electron chi connectivity index (χ3n) is 7.14. The highest BCUT2D eigenvalue weighted by Crippen LogP contribution is 2.41. The Hall–Kier alpha value is -5.05.